The van der Waals surface area contributed by atoms with Gasteiger partial charge in [0, 0.05) is 38.2 Å². The van der Waals surface area contributed by atoms with Crippen molar-refractivity contribution in [1.29, 1.82) is 0 Å². The van der Waals surface area contributed by atoms with Gasteiger partial charge in [-0.3, -0.25) is 14.4 Å². The number of methoxy groups -OCH3 is 1. The number of hydrogen-bond donors (Lipinski definition) is 2. The van der Waals surface area contributed by atoms with Gasteiger partial charge in [-0.25, -0.2) is 0 Å². The fourth-order valence-corrected chi connectivity index (χ4v) is 4.48. The Morgan fingerprint density at radius 1 is 1.07 bits per heavy atom. The van der Waals surface area contributed by atoms with Gasteiger partial charge in [-0.05, 0) is 43.7 Å². The van der Waals surface area contributed by atoms with Gasteiger partial charge in [-0.2, -0.15) is 0 Å². The van der Waals surface area contributed by atoms with E-state index < -0.39 is 6.04 Å². The standard InChI is InChI=1S/C23H33N3O4/c1-30-16-13-24-22(28)20(25-21(27)18-7-3-2-4-8-18)17-11-14-26(15-12-17)23(29)19-9-5-6-10-19/h2-4,7-8,17,19-20H,5-6,9-16H2,1H3,(H,24,28)(H,25,27)/t20-/m0/s1. The summed E-state index contributed by atoms with van der Waals surface area (Å²) >= 11 is 0. The van der Waals surface area contributed by atoms with Crippen molar-refractivity contribution in [1.82, 2.24) is 15.5 Å². The minimum absolute atomic E-state index is 0.00663. The SMILES string of the molecule is COCCNC(=O)[C@@H](NC(=O)c1ccccc1)C1CCN(C(=O)C2CCCC2)CC1. The first kappa shape index (κ1) is 22.3. The number of likely N-dealkylation sites (tertiary alicyclic amines) is 1. The highest BCUT2D eigenvalue weighted by Crippen LogP contribution is 2.29. The van der Waals surface area contributed by atoms with E-state index in [1.54, 1.807) is 31.4 Å². The third kappa shape index (κ3) is 5.81. The summed E-state index contributed by atoms with van der Waals surface area (Å²) in [4.78, 5) is 40.2. The molecular formula is C23H33N3O4. The minimum atomic E-state index is -0.627. The topological polar surface area (TPSA) is 87.7 Å². The van der Waals surface area contributed by atoms with Crippen LogP contribution in [0.25, 0.3) is 0 Å². The molecule has 3 amide bonds. The Balaban J connectivity index is 1.62. The molecule has 7 heteroatoms. The fraction of sp³-hybridized carbons (Fsp3) is 0.609. The summed E-state index contributed by atoms with van der Waals surface area (Å²) in [6.45, 7) is 2.09. The lowest BCUT2D eigenvalue weighted by Crippen LogP contribution is -2.54. The van der Waals surface area contributed by atoms with Crippen LogP contribution in [0.3, 0.4) is 0 Å². The highest BCUT2D eigenvalue weighted by molar-refractivity contribution is 5.97. The fourth-order valence-electron chi connectivity index (χ4n) is 4.48. The number of amides is 3. The molecule has 0 unspecified atom stereocenters. The van der Waals surface area contributed by atoms with E-state index in [1.165, 1.54) is 0 Å². The summed E-state index contributed by atoms with van der Waals surface area (Å²) in [7, 11) is 1.58. The zero-order valence-electron chi connectivity index (χ0n) is 17.8. The first-order chi connectivity index (χ1) is 14.6. The Kier molecular flexibility index (Phi) is 8.25. The molecule has 0 radical (unpaired) electrons. The Hall–Kier alpha value is -2.41. The van der Waals surface area contributed by atoms with Crippen LogP contribution in [-0.2, 0) is 14.3 Å². The van der Waals surface area contributed by atoms with E-state index in [2.05, 4.69) is 10.6 Å². The van der Waals surface area contributed by atoms with E-state index in [4.69, 9.17) is 4.74 Å². The second-order valence-electron chi connectivity index (χ2n) is 8.25. The Labute approximate surface area is 178 Å². The molecule has 3 rings (SSSR count). The lowest BCUT2D eigenvalue weighted by atomic mass is 9.87. The van der Waals surface area contributed by atoms with Gasteiger partial charge in [-0.15, -0.1) is 0 Å². The molecule has 164 valence electrons. The Morgan fingerprint density at radius 2 is 1.73 bits per heavy atom. The molecule has 0 spiro atoms. The van der Waals surface area contributed by atoms with E-state index in [1.807, 2.05) is 11.0 Å². The molecule has 2 N–H and O–H groups in total. The number of piperidine rings is 1. The Morgan fingerprint density at radius 3 is 2.37 bits per heavy atom. The number of nitrogens with zero attached hydrogens (tertiary/aromatic N) is 1. The predicted octanol–water partition coefficient (Wildman–Crippen LogP) is 1.98. The van der Waals surface area contributed by atoms with Gasteiger partial charge in [0.05, 0.1) is 6.61 Å². The van der Waals surface area contributed by atoms with Crippen molar-refractivity contribution in [2.45, 2.75) is 44.6 Å². The van der Waals surface area contributed by atoms with Crippen molar-refractivity contribution < 1.29 is 19.1 Å². The number of ether oxygens (including phenoxy) is 1. The molecule has 1 saturated carbocycles. The van der Waals surface area contributed by atoms with Crippen molar-refractivity contribution in [2.75, 3.05) is 33.4 Å². The molecular weight excluding hydrogens is 382 g/mol. The Bertz CT molecular complexity index is 710. The summed E-state index contributed by atoms with van der Waals surface area (Å²) in [5.41, 5.74) is 0.529. The molecule has 1 aromatic rings. The van der Waals surface area contributed by atoms with E-state index in [0.29, 0.717) is 44.6 Å². The maximum Gasteiger partial charge on any atom is 0.251 e. The molecule has 30 heavy (non-hydrogen) atoms. The maximum atomic E-state index is 12.8. The monoisotopic (exact) mass is 415 g/mol. The summed E-state index contributed by atoms with van der Waals surface area (Å²) in [5.74, 6) is -0.0236. The zero-order valence-corrected chi connectivity index (χ0v) is 17.8. The second-order valence-corrected chi connectivity index (χ2v) is 8.25. The number of carbonyl (C=O) groups excluding carboxylic acids is 3. The second kappa shape index (κ2) is 11.1. The number of benzene rings is 1. The average molecular weight is 416 g/mol. The molecule has 7 nitrogen and oxygen atoms in total. The maximum absolute atomic E-state index is 12.8. The molecule has 1 heterocycles. The van der Waals surface area contributed by atoms with E-state index in [9.17, 15) is 14.4 Å². The van der Waals surface area contributed by atoms with Gasteiger partial charge in [-0.1, -0.05) is 31.0 Å². The molecule has 2 fully saturated rings. The first-order valence-electron chi connectivity index (χ1n) is 11.0. The molecule has 1 aliphatic carbocycles. The molecule has 1 saturated heterocycles. The van der Waals surface area contributed by atoms with Crippen LogP contribution in [0.15, 0.2) is 30.3 Å². The van der Waals surface area contributed by atoms with Crippen molar-refractivity contribution in [3.63, 3.8) is 0 Å². The lowest BCUT2D eigenvalue weighted by Gasteiger charge is -2.36. The van der Waals surface area contributed by atoms with Crippen molar-refractivity contribution in [3.8, 4) is 0 Å². The van der Waals surface area contributed by atoms with Crippen LogP contribution in [0, 0.1) is 11.8 Å². The summed E-state index contributed by atoms with van der Waals surface area (Å²) in [5, 5.41) is 5.79. The van der Waals surface area contributed by atoms with Gasteiger partial charge >= 0.3 is 0 Å². The third-order valence-electron chi connectivity index (χ3n) is 6.24. The van der Waals surface area contributed by atoms with Gasteiger partial charge in [0.1, 0.15) is 6.04 Å². The first-order valence-corrected chi connectivity index (χ1v) is 11.0. The van der Waals surface area contributed by atoms with Crippen LogP contribution >= 0.6 is 0 Å². The molecule has 1 aromatic carbocycles. The highest BCUT2D eigenvalue weighted by atomic mass is 16.5. The summed E-state index contributed by atoms with van der Waals surface area (Å²) in [6.07, 6.45) is 5.68. The number of carbonyl (C=O) groups is 3. The number of hydrogen-bond acceptors (Lipinski definition) is 4. The molecule has 0 aromatic heterocycles. The van der Waals surface area contributed by atoms with Crippen molar-refractivity contribution in [2.24, 2.45) is 11.8 Å². The van der Waals surface area contributed by atoms with E-state index in [-0.39, 0.29) is 29.6 Å². The van der Waals surface area contributed by atoms with Gasteiger partial charge in [0.15, 0.2) is 0 Å². The van der Waals surface area contributed by atoms with Gasteiger partial charge in [0.2, 0.25) is 11.8 Å². The van der Waals surface area contributed by atoms with Crippen molar-refractivity contribution in [3.05, 3.63) is 35.9 Å². The van der Waals surface area contributed by atoms with Crippen LogP contribution < -0.4 is 10.6 Å². The number of rotatable bonds is 8. The van der Waals surface area contributed by atoms with Crippen LogP contribution in [0.1, 0.15) is 48.9 Å². The highest BCUT2D eigenvalue weighted by Gasteiger charge is 2.35. The predicted molar refractivity (Wildman–Crippen MR) is 114 cm³/mol. The molecule has 0 bridgehead atoms. The third-order valence-corrected chi connectivity index (χ3v) is 6.24. The van der Waals surface area contributed by atoms with Gasteiger partial charge < -0.3 is 20.3 Å². The minimum Gasteiger partial charge on any atom is -0.383 e. The lowest BCUT2D eigenvalue weighted by molar-refractivity contribution is -0.137. The summed E-state index contributed by atoms with van der Waals surface area (Å²) < 4.78 is 5.01. The van der Waals surface area contributed by atoms with Crippen LogP contribution in [0.5, 0.6) is 0 Å². The van der Waals surface area contributed by atoms with Crippen LogP contribution in [-0.4, -0.2) is 62.0 Å². The zero-order chi connectivity index (χ0) is 21.3. The molecule has 1 aliphatic heterocycles. The van der Waals surface area contributed by atoms with E-state index >= 15 is 0 Å². The van der Waals surface area contributed by atoms with Crippen LogP contribution in [0.2, 0.25) is 0 Å². The quantitative estimate of drug-likeness (QED) is 0.636. The number of nitrogens with one attached hydrogen (secondary N) is 2. The van der Waals surface area contributed by atoms with E-state index in [0.717, 1.165) is 25.7 Å². The van der Waals surface area contributed by atoms with Crippen molar-refractivity contribution >= 4 is 17.7 Å². The smallest absolute Gasteiger partial charge is 0.251 e. The normalized spacial score (nSPS) is 18.8. The summed E-state index contributed by atoms with van der Waals surface area (Å²) in [6, 6.07) is 8.29. The average Bonchev–Trinajstić information content (AvgIpc) is 3.32. The van der Waals surface area contributed by atoms with Crippen LogP contribution in [0.4, 0.5) is 0 Å². The molecule has 1 atom stereocenters. The largest absolute Gasteiger partial charge is 0.383 e. The molecule has 2 aliphatic rings. The van der Waals surface area contributed by atoms with Gasteiger partial charge in [0.25, 0.3) is 5.91 Å².